The highest BCUT2D eigenvalue weighted by molar-refractivity contribution is 5.94. The molecule has 0 spiro atoms. The maximum atomic E-state index is 7.31. The van der Waals surface area contributed by atoms with E-state index in [0.29, 0.717) is 5.56 Å². The van der Waals surface area contributed by atoms with Crippen molar-refractivity contribution >= 4 is 11.7 Å². The van der Waals surface area contributed by atoms with E-state index in [-0.39, 0.29) is 5.84 Å². The van der Waals surface area contributed by atoms with Crippen LogP contribution in [0.4, 0.5) is 5.82 Å². The van der Waals surface area contributed by atoms with Gasteiger partial charge in [-0.05, 0) is 12.1 Å². The Bertz CT molecular complexity index is 542. The first-order chi connectivity index (χ1) is 8.56. The molecule has 0 amide bonds. The Morgan fingerprint density at radius 2 is 2.22 bits per heavy atom. The third-order valence-corrected chi connectivity index (χ3v) is 2.63. The molecule has 0 atom stereocenters. The van der Waals surface area contributed by atoms with Crippen molar-refractivity contribution in [2.24, 2.45) is 12.8 Å². The fourth-order valence-electron chi connectivity index (χ4n) is 1.68. The Kier molecular flexibility index (Phi) is 3.27. The number of nitrogens with one attached hydrogen (secondary N) is 1. The summed E-state index contributed by atoms with van der Waals surface area (Å²) in [5.41, 5.74) is 7.14. The highest BCUT2D eigenvalue weighted by atomic mass is 15.2. The summed E-state index contributed by atoms with van der Waals surface area (Å²) in [4.78, 5) is 6.30. The van der Waals surface area contributed by atoms with E-state index in [9.17, 15) is 0 Å². The first-order valence-corrected chi connectivity index (χ1v) is 5.55. The molecule has 0 saturated carbocycles. The van der Waals surface area contributed by atoms with Crippen molar-refractivity contribution in [3.05, 3.63) is 41.9 Å². The number of aryl methyl sites for hydroxylation is 1. The highest BCUT2D eigenvalue weighted by Gasteiger charge is 2.05. The summed E-state index contributed by atoms with van der Waals surface area (Å²) >= 11 is 0. The predicted molar refractivity (Wildman–Crippen MR) is 70.6 cm³/mol. The molecule has 2 heterocycles. The maximum absolute atomic E-state index is 7.31. The van der Waals surface area contributed by atoms with Crippen molar-refractivity contribution in [1.82, 2.24) is 14.8 Å². The molecule has 0 aromatic carbocycles. The quantitative estimate of drug-likeness (QED) is 0.613. The monoisotopic (exact) mass is 244 g/mol. The number of aromatic nitrogens is 3. The van der Waals surface area contributed by atoms with E-state index in [1.165, 1.54) is 0 Å². The molecule has 18 heavy (non-hydrogen) atoms. The summed E-state index contributed by atoms with van der Waals surface area (Å²) < 4.78 is 1.77. The van der Waals surface area contributed by atoms with Crippen LogP contribution in [0.2, 0.25) is 0 Å². The molecule has 0 aliphatic rings. The number of anilines is 1. The second kappa shape index (κ2) is 4.87. The number of hydrogen-bond acceptors (Lipinski definition) is 4. The van der Waals surface area contributed by atoms with Gasteiger partial charge in [0.1, 0.15) is 11.7 Å². The zero-order valence-corrected chi connectivity index (χ0v) is 10.5. The van der Waals surface area contributed by atoms with Crippen LogP contribution in [0.15, 0.2) is 30.7 Å². The van der Waals surface area contributed by atoms with E-state index in [0.717, 1.165) is 17.9 Å². The number of nitrogens with zero attached hydrogens (tertiary/aromatic N) is 4. The number of nitrogen functional groups attached to an aromatic ring is 1. The molecule has 2 aromatic rings. The van der Waals surface area contributed by atoms with Gasteiger partial charge in [-0.2, -0.15) is 5.10 Å². The van der Waals surface area contributed by atoms with E-state index >= 15 is 0 Å². The van der Waals surface area contributed by atoms with Crippen molar-refractivity contribution in [3.63, 3.8) is 0 Å². The SMILES string of the molecule is CN(Cc1cnn(C)c1)c1ccc(C(=N)N)cn1. The topological polar surface area (TPSA) is 83.8 Å². The van der Waals surface area contributed by atoms with Crippen LogP contribution >= 0.6 is 0 Å². The zero-order valence-electron chi connectivity index (χ0n) is 10.5. The smallest absolute Gasteiger partial charge is 0.128 e. The van der Waals surface area contributed by atoms with E-state index in [4.69, 9.17) is 11.1 Å². The summed E-state index contributed by atoms with van der Waals surface area (Å²) in [6, 6.07) is 3.65. The Morgan fingerprint density at radius 1 is 1.44 bits per heavy atom. The van der Waals surface area contributed by atoms with Gasteiger partial charge >= 0.3 is 0 Å². The molecule has 0 bridgehead atoms. The molecule has 3 N–H and O–H groups in total. The van der Waals surface area contributed by atoms with Crippen LogP contribution in [-0.4, -0.2) is 27.6 Å². The Hall–Kier alpha value is -2.37. The van der Waals surface area contributed by atoms with Gasteiger partial charge in [-0.25, -0.2) is 4.98 Å². The average molecular weight is 244 g/mol. The van der Waals surface area contributed by atoms with E-state index in [2.05, 4.69) is 10.1 Å². The molecule has 0 fully saturated rings. The van der Waals surface area contributed by atoms with Gasteiger partial charge in [0.05, 0.1) is 6.20 Å². The molecule has 6 nitrogen and oxygen atoms in total. The van der Waals surface area contributed by atoms with Crippen molar-refractivity contribution in [1.29, 1.82) is 5.41 Å². The first kappa shape index (κ1) is 12.1. The average Bonchev–Trinajstić information content (AvgIpc) is 2.75. The summed E-state index contributed by atoms with van der Waals surface area (Å²) in [6.45, 7) is 0.736. The van der Waals surface area contributed by atoms with E-state index in [1.54, 1.807) is 16.9 Å². The third-order valence-electron chi connectivity index (χ3n) is 2.63. The van der Waals surface area contributed by atoms with Gasteiger partial charge in [-0.1, -0.05) is 0 Å². The number of rotatable bonds is 4. The lowest BCUT2D eigenvalue weighted by atomic mass is 10.2. The van der Waals surface area contributed by atoms with Crippen molar-refractivity contribution < 1.29 is 0 Å². The number of amidine groups is 1. The molecule has 0 saturated heterocycles. The molecule has 6 heteroatoms. The van der Waals surface area contributed by atoms with Gasteiger partial charge in [0.25, 0.3) is 0 Å². The predicted octanol–water partition coefficient (Wildman–Crippen LogP) is 0.736. The minimum Gasteiger partial charge on any atom is -0.384 e. The molecule has 94 valence electrons. The van der Waals surface area contributed by atoms with Crippen LogP contribution in [0, 0.1) is 5.41 Å². The molecule has 0 aliphatic heterocycles. The van der Waals surface area contributed by atoms with Crippen LogP contribution in [-0.2, 0) is 13.6 Å². The highest BCUT2D eigenvalue weighted by Crippen LogP contribution is 2.12. The molecular formula is C12H16N6. The molecule has 0 radical (unpaired) electrons. The summed E-state index contributed by atoms with van der Waals surface area (Å²) in [6.07, 6.45) is 5.41. The van der Waals surface area contributed by atoms with Gasteiger partial charge in [0, 0.05) is 44.2 Å². The normalized spacial score (nSPS) is 10.3. The van der Waals surface area contributed by atoms with Crippen LogP contribution in [0.1, 0.15) is 11.1 Å². The lowest BCUT2D eigenvalue weighted by molar-refractivity contribution is 0.766. The van der Waals surface area contributed by atoms with Crippen LogP contribution < -0.4 is 10.6 Å². The lowest BCUT2D eigenvalue weighted by Crippen LogP contribution is -2.18. The molecule has 2 aromatic heterocycles. The van der Waals surface area contributed by atoms with Gasteiger partial charge in [0.15, 0.2) is 0 Å². The molecule has 0 aliphatic carbocycles. The second-order valence-corrected chi connectivity index (χ2v) is 4.20. The minimum absolute atomic E-state index is 0.0314. The second-order valence-electron chi connectivity index (χ2n) is 4.20. The van der Waals surface area contributed by atoms with E-state index < -0.39 is 0 Å². The fourth-order valence-corrected chi connectivity index (χ4v) is 1.68. The van der Waals surface area contributed by atoms with Crippen LogP contribution in [0.3, 0.4) is 0 Å². The molecule has 0 unspecified atom stereocenters. The molecular weight excluding hydrogens is 228 g/mol. The number of hydrogen-bond donors (Lipinski definition) is 2. The van der Waals surface area contributed by atoms with E-state index in [1.807, 2.05) is 37.5 Å². The molecule has 2 rings (SSSR count). The summed E-state index contributed by atoms with van der Waals surface area (Å²) in [7, 11) is 3.85. The zero-order chi connectivity index (χ0) is 13.1. The Labute approximate surface area is 106 Å². The van der Waals surface area contributed by atoms with Crippen molar-refractivity contribution in [2.75, 3.05) is 11.9 Å². The first-order valence-electron chi connectivity index (χ1n) is 5.55. The largest absolute Gasteiger partial charge is 0.384 e. The minimum atomic E-state index is 0.0314. The number of pyridine rings is 1. The Morgan fingerprint density at radius 3 is 2.72 bits per heavy atom. The Balaban J connectivity index is 2.09. The number of nitrogens with two attached hydrogens (primary N) is 1. The van der Waals surface area contributed by atoms with Gasteiger partial charge in [0.2, 0.25) is 0 Å². The summed E-state index contributed by atoms with van der Waals surface area (Å²) in [5, 5.41) is 11.4. The van der Waals surface area contributed by atoms with Crippen LogP contribution in [0.5, 0.6) is 0 Å². The van der Waals surface area contributed by atoms with Crippen molar-refractivity contribution in [3.8, 4) is 0 Å². The van der Waals surface area contributed by atoms with Gasteiger partial charge in [-0.15, -0.1) is 0 Å². The van der Waals surface area contributed by atoms with Gasteiger partial charge < -0.3 is 10.6 Å². The fraction of sp³-hybridized carbons (Fsp3) is 0.250. The standard InChI is InChI=1S/C12H16N6/c1-17(7-9-5-16-18(2)8-9)11-4-3-10(6-15-11)12(13)14/h3-6,8H,7H2,1-2H3,(H3,13,14). The van der Waals surface area contributed by atoms with Crippen molar-refractivity contribution in [2.45, 2.75) is 6.54 Å². The van der Waals surface area contributed by atoms with Crippen LogP contribution in [0.25, 0.3) is 0 Å². The lowest BCUT2D eigenvalue weighted by Gasteiger charge is -2.17. The third kappa shape index (κ3) is 2.65. The summed E-state index contributed by atoms with van der Waals surface area (Å²) in [5.74, 6) is 0.868. The van der Waals surface area contributed by atoms with Gasteiger partial charge in [-0.3, -0.25) is 10.1 Å². The maximum Gasteiger partial charge on any atom is 0.128 e.